The highest BCUT2D eigenvalue weighted by atomic mass is 35.5. The van der Waals surface area contributed by atoms with Gasteiger partial charge in [-0.15, -0.1) is 0 Å². The van der Waals surface area contributed by atoms with Crippen molar-refractivity contribution in [3.8, 4) is 0 Å². The number of hydrogen-bond donors (Lipinski definition) is 2. The van der Waals surface area contributed by atoms with Gasteiger partial charge in [0.2, 0.25) is 5.43 Å². The van der Waals surface area contributed by atoms with Crippen LogP contribution in [0.15, 0.2) is 23.1 Å². The van der Waals surface area contributed by atoms with E-state index in [-0.39, 0.29) is 15.9 Å². The van der Waals surface area contributed by atoms with Crippen LogP contribution in [0.1, 0.15) is 10.4 Å². The Hall–Kier alpha value is -2.41. The van der Waals surface area contributed by atoms with Gasteiger partial charge in [0, 0.05) is 11.6 Å². The zero-order chi connectivity index (χ0) is 15.0. The molecule has 8 heteroatoms. The first kappa shape index (κ1) is 14.0. The fourth-order valence-corrected chi connectivity index (χ4v) is 1.97. The van der Waals surface area contributed by atoms with E-state index in [4.69, 9.17) is 21.8 Å². The molecular weight excluding hydrogens is 293 g/mol. The van der Waals surface area contributed by atoms with Crippen LogP contribution in [0.3, 0.4) is 0 Å². The Labute approximate surface area is 115 Å². The second-order valence-electron chi connectivity index (χ2n) is 3.98. The topological polar surface area (TPSA) is 96.6 Å². The Kier molecular flexibility index (Phi) is 3.46. The van der Waals surface area contributed by atoms with Crippen molar-refractivity contribution >= 4 is 34.4 Å². The van der Waals surface area contributed by atoms with Gasteiger partial charge in [0.25, 0.3) is 0 Å². The minimum atomic E-state index is -1.52. The lowest BCUT2D eigenvalue weighted by Gasteiger charge is -2.10. The van der Waals surface area contributed by atoms with Gasteiger partial charge in [-0.1, -0.05) is 11.6 Å². The number of fused-ring (bicyclic) bond motifs is 1. The third-order valence-electron chi connectivity index (χ3n) is 2.66. The van der Waals surface area contributed by atoms with E-state index in [0.29, 0.717) is 0 Å². The standard InChI is InChI=1S/C12H7ClFNO5/c13-7-2-9-5(1-8(7)14)11(18)6(12(19)20)3-15(9)4-10(16)17/h1-3H,4H2,(H,16,17)(H,19,20). The predicted octanol–water partition coefficient (Wildman–Crippen LogP) is 1.58. The van der Waals surface area contributed by atoms with Gasteiger partial charge in [-0.25, -0.2) is 9.18 Å². The third kappa shape index (κ3) is 2.35. The maximum absolute atomic E-state index is 13.4. The molecule has 0 unspecified atom stereocenters. The number of aliphatic carboxylic acids is 1. The minimum absolute atomic E-state index is 0.0498. The van der Waals surface area contributed by atoms with E-state index in [1.165, 1.54) is 0 Å². The summed E-state index contributed by atoms with van der Waals surface area (Å²) in [5.41, 5.74) is -1.49. The molecule has 1 aromatic carbocycles. The normalized spacial score (nSPS) is 10.7. The molecule has 0 aliphatic rings. The molecule has 0 radical (unpaired) electrons. The van der Waals surface area contributed by atoms with E-state index in [0.717, 1.165) is 22.9 Å². The van der Waals surface area contributed by atoms with Gasteiger partial charge in [-0.3, -0.25) is 9.59 Å². The van der Waals surface area contributed by atoms with Crippen LogP contribution in [-0.2, 0) is 11.3 Å². The number of benzene rings is 1. The summed E-state index contributed by atoms with van der Waals surface area (Å²) in [5, 5.41) is 17.2. The quantitative estimate of drug-likeness (QED) is 0.897. The fraction of sp³-hybridized carbons (Fsp3) is 0.0833. The molecule has 0 aliphatic carbocycles. The zero-order valence-corrected chi connectivity index (χ0v) is 10.5. The van der Waals surface area contributed by atoms with E-state index >= 15 is 0 Å². The number of aromatic carboxylic acids is 1. The van der Waals surface area contributed by atoms with Gasteiger partial charge in [-0.05, 0) is 12.1 Å². The van der Waals surface area contributed by atoms with Gasteiger partial charge in [0.15, 0.2) is 0 Å². The van der Waals surface area contributed by atoms with Crippen LogP contribution in [0.4, 0.5) is 4.39 Å². The molecule has 0 aliphatic heterocycles. The molecular formula is C12H7ClFNO5. The zero-order valence-electron chi connectivity index (χ0n) is 9.76. The van der Waals surface area contributed by atoms with Crippen LogP contribution >= 0.6 is 11.6 Å². The van der Waals surface area contributed by atoms with Gasteiger partial charge in [0.1, 0.15) is 17.9 Å². The van der Waals surface area contributed by atoms with Crippen LogP contribution in [0.25, 0.3) is 10.9 Å². The highest BCUT2D eigenvalue weighted by Gasteiger charge is 2.17. The summed E-state index contributed by atoms with van der Waals surface area (Å²) in [6, 6.07) is 1.88. The first-order chi connectivity index (χ1) is 9.31. The van der Waals surface area contributed by atoms with Crippen LogP contribution in [-0.4, -0.2) is 26.7 Å². The summed E-state index contributed by atoms with van der Waals surface area (Å²) < 4.78 is 14.4. The Bertz CT molecular complexity index is 799. The van der Waals surface area contributed by atoms with Crippen molar-refractivity contribution in [2.75, 3.05) is 0 Å². The largest absolute Gasteiger partial charge is 0.480 e. The van der Waals surface area contributed by atoms with Crippen molar-refractivity contribution in [1.82, 2.24) is 4.57 Å². The summed E-state index contributed by atoms with van der Waals surface area (Å²) >= 11 is 5.60. The molecule has 0 saturated heterocycles. The first-order valence-electron chi connectivity index (χ1n) is 5.28. The number of halogens is 2. The fourth-order valence-electron chi connectivity index (χ4n) is 1.81. The second-order valence-corrected chi connectivity index (χ2v) is 4.39. The Morgan fingerprint density at radius 1 is 1.30 bits per heavy atom. The van der Waals surface area contributed by atoms with Crippen LogP contribution in [0, 0.1) is 5.82 Å². The number of hydrogen-bond acceptors (Lipinski definition) is 3. The highest BCUT2D eigenvalue weighted by Crippen LogP contribution is 2.21. The van der Waals surface area contributed by atoms with E-state index in [1.807, 2.05) is 0 Å². The van der Waals surface area contributed by atoms with Crippen molar-refractivity contribution in [2.24, 2.45) is 0 Å². The number of rotatable bonds is 3. The third-order valence-corrected chi connectivity index (χ3v) is 2.95. The monoisotopic (exact) mass is 299 g/mol. The molecule has 6 nitrogen and oxygen atoms in total. The lowest BCUT2D eigenvalue weighted by atomic mass is 10.1. The number of carboxylic acids is 2. The average molecular weight is 300 g/mol. The van der Waals surface area contributed by atoms with Crippen LogP contribution in [0.5, 0.6) is 0 Å². The van der Waals surface area contributed by atoms with Crippen molar-refractivity contribution in [3.63, 3.8) is 0 Å². The first-order valence-corrected chi connectivity index (χ1v) is 5.66. The Morgan fingerprint density at radius 3 is 2.50 bits per heavy atom. The number of nitrogens with zero attached hydrogens (tertiary/aromatic N) is 1. The molecule has 0 atom stereocenters. The second kappa shape index (κ2) is 4.93. The Morgan fingerprint density at radius 2 is 1.95 bits per heavy atom. The highest BCUT2D eigenvalue weighted by molar-refractivity contribution is 6.31. The van der Waals surface area contributed by atoms with E-state index < -0.39 is 35.3 Å². The summed E-state index contributed by atoms with van der Waals surface area (Å²) in [6.07, 6.45) is 0.898. The van der Waals surface area contributed by atoms with Crippen LogP contribution in [0.2, 0.25) is 5.02 Å². The molecule has 2 N–H and O–H groups in total. The smallest absolute Gasteiger partial charge is 0.341 e. The number of pyridine rings is 1. The molecule has 0 saturated carbocycles. The van der Waals surface area contributed by atoms with E-state index in [2.05, 4.69) is 0 Å². The maximum atomic E-state index is 13.4. The molecule has 1 aromatic heterocycles. The predicted molar refractivity (Wildman–Crippen MR) is 67.8 cm³/mol. The number of carboxylic acid groups (broad SMARTS) is 2. The van der Waals surface area contributed by atoms with Crippen molar-refractivity contribution in [2.45, 2.75) is 6.54 Å². The summed E-state index contributed by atoms with van der Waals surface area (Å²) in [4.78, 5) is 33.7. The summed E-state index contributed by atoms with van der Waals surface area (Å²) in [6.45, 7) is -0.584. The molecule has 1 heterocycles. The molecule has 0 spiro atoms. The Balaban J connectivity index is 2.92. The molecule has 104 valence electrons. The lowest BCUT2D eigenvalue weighted by molar-refractivity contribution is -0.137. The average Bonchev–Trinajstić information content (AvgIpc) is 2.34. The molecule has 20 heavy (non-hydrogen) atoms. The summed E-state index contributed by atoms with van der Waals surface area (Å²) in [7, 11) is 0. The van der Waals surface area contributed by atoms with Crippen LogP contribution < -0.4 is 5.43 Å². The maximum Gasteiger partial charge on any atom is 0.341 e. The molecule has 0 amide bonds. The molecule has 0 fully saturated rings. The minimum Gasteiger partial charge on any atom is -0.480 e. The number of aromatic nitrogens is 1. The van der Waals surface area contributed by atoms with Crippen molar-refractivity contribution in [3.05, 3.63) is 45.0 Å². The summed E-state index contributed by atoms with van der Waals surface area (Å²) in [5.74, 6) is -3.65. The van der Waals surface area contributed by atoms with E-state index in [1.54, 1.807) is 0 Å². The molecule has 2 rings (SSSR count). The van der Waals surface area contributed by atoms with Gasteiger partial charge in [0.05, 0.1) is 10.5 Å². The van der Waals surface area contributed by atoms with Gasteiger partial charge < -0.3 is 14.8 Å². The van der Waals surface area contributed by atoms with Gasteiger partial charge >= 0.3 is 11.9 Å². The lowest BCUT2D eigenvalue weighted by Crippen LogP contribution is -2.21. The SMILES string of the molecule is O=C(O)Cn1cc(C(=O)O)c(=O)c2cc(F)c(Cl)cc21. The molecule has 0 bridgehead atoms. The molecule has 2 aromatic rings. The van der Waals surface area contributed by atoms with Crippen molar-refractivity contribution in [1.29, 1.82) is 0 Å². The van der Waals surface area contributed by atoms with E-state index in [9.17, 15) is 18.8 Å². The van der Waals surface area contributed by atoms with Gasteiger partial charge in [-0.2, -0.15) is 0 Å². The number of carbonyl (C=O) groups is 2. The van der Waals surface area contributed by atoms with Crippen molar-refractivity contribution < 1.29 is 24.2 Å².